The first kappa shape index (κ1) is 18.7. The Hall–Kier alpha value is -1.59. The molecule has 24 heavy (non-hydrogen) atoms. The first-order valence-electron chi connectivity index (χ1n) is 8.57. The number of likely N-dealkylation sites (tertiary alicyclic amines) is 1. The van der Waals surface area contributed by atoms with E-state index in [4.69, 9.17) is 17.3 Å². The van der Waals surface area contributed by atoms with Gasteiger partial charge in [0.15, 0.2) is 0 Å². The Balaban J connectivity index is 1.58. The molecule has 0 aromatic heterocycles. The van der Waals surface area contributed by atoms with Crippen LogP contribution in [0.25, 0.3) is 0 Å². The predicted molar refractivity (Wildman–Crippen MR) is 95.8 cm³/mol. The average Bonchev–Trinajstić information content (AvgIpc) is 2.57. The summed E-state index contributed by atoms with van der Waals surface area (Å²) in [6, 6.07) is 7.72. The van der Waals surface area contributed by atoms with Crippen molar-refractivity contribution in [3.63, 3.8) is 0 Å². The Morgan fingerprint density at radius 1 is 1.29 bits per heavy atom. The molecule has 6 heteroatoms. The molecule has 0 radical (unpaired) electrons. The molecule has 2 amide bonds. The number of rotatable bonds is 8. The summed E-state index contributed by atoms with van der Waals surface area (Å²) in [6.07, 6.45) is 4.08. The Labute approximate surface area is 148 Å². The normalized spacial score (nSPS) is 18.3. The number of hydrogen-bond acceptors (Lipinski definition) is 3. The van der Waals surface area contributed by atoms with Gasteiger partial charge in [0, 0.05) is 31.1 Å². The lowest BCUT2D eigenvalue weighted by Gasteiger charge is -2.31. The highest BCUT2D eigenvalue weighted by molar-refractivity contribution is 6.30. The van der Waals surface area contributed by atoms with Gasteiger partial charge in [0.1, 0.15) is 0 Å². The number of halogens is 1. The lowest BCUT2D eigenvalue weighted by atomic mass is 9.97. The fraction of sp³-hybridized carbons (Fsp3) is 0.556. The van der Waals surface area contributed by atoms with Gasteiger partial charge in [0.2, 0.25) is 11.8 Å². The third kappa shape index (κ3) is 6.49. The number of primary amides is 1. The van der Waals surface area contributed by atoms with Crippen molar-refractivity contribution in [2.75, 3.05) is 26.2 Å². The van der Waals surface area contributed by atoms with Crippen LogP contribution in [0.1, 0.15) is 31.2 Å². The minimum Gasteiger partial charge on any atom is -0.369 e. The van der Waals surface area contributed by atoms with Crippen LogP contribution in [0.15, 0.2) is 24.3 Å². The topological polar surface area (TPSA) is 75.4 Å². The van der Waals surface area contributed by atoms with Crippen molar-refractivity contribution in [1.29, 1.82) is 0 Å². The molecule has 0 bridgehead atoms. The fourth-order valence-electron chi connectivity index (χ4n) is 3.04. The van der Waals surface area contributed by atoms with Gasteiger partial charge in [-0.05, 0) is 49.9 Å². The van der Waals surface area contributed by atoms with Crippen LogP contribution in [-0.4, -0.2) is 42.9 Å². The molecule has 1 aromatic rings. The number of nitrogens with zero attached hydrogens (tertiary/aromatic N) is 1. The van der Waals surface area contributed by atoms with Gasteiger partial charge in [-0.2, -0.15) is 0 Å². The lowest BCUT2D eigenvalue weighted by molar-refractivity contribution is -0.124. The van der Waals surface area contributed by atoms with E-state index in [-0.39, 0.29) is 17.7 Å². The van der Waals surface area contributed by atoms with Crippen LogP contribution in [-0.2, 0) is 16.0 Å². The highest BCUT2D eigenvalue weighted by atomic mass is 35.5. The van der Waals surface area contributed by atoms with Gasteiger partial charge in [0.05, 0.1) is 5.92 Å². The molecular formula is C18H26ClN3O2. The van der Waals surface area contributed by atoms with Crippen molar-refractivity contribution in [3.05, 3.63) is 34.9 Å². The molecule has 1 aliphatic heterocycles. The maximum absolute atomic E-state index is 11.9. The number of carbonyl (C=O) groups excluding carboxylic acids is 2. The molecule has 1 heterocycles. The summed E-state index contributed by atoms with van der Waals surface area (Å²) >= 11 is 5.85. The second-order valence-electron chi connectivity index (χ2n) is 6.37. The van der Waals surface area contributed by atoms with Crippen molar-refractivity contribution >= 4 is 23.4 Å². The van der Waals surface area contributed by atoms with Gasteiger partial charge in [-0.3, -0.25) is 9.59 Å². The SMILES string of the molecule is NC(=O)C1CCCN(CCNC(=O)CCCc2ccc(Cl)cc2)C1. The van der Waals surface area contributed by atoms with Crippen LogP contribution >= 0.6 is 11.6 Å². The minimum absolute atomic E-state index is 0.0474. The van der Waals surface area contributed by atoms with Crippen molar-refractivity contribution in [1.82, 2.24) is 10.2 Å². The average molecular weight is 352 g/mol. The molecule has 1 saturated heterocycles. The summed E-state index contributed by atoms with van der Waals surface area (Å²) in [5.41, 5.74) is 6.57. The zero-order valence-electron chi connectivity index (χ0n) is 14.0. The molecule has 0 aliphatic carbocycles. The maximum atomic E-state index is 11.9. The fourth-order valence-corrected chi connectivity index (χ4v) is 3.16. The summed E-state index contributed by atoms with van der Waals surface area (Å²) < 4.78 is 0. The van der Waals surface area contributed by atoms with Gasteiger partial charge < -0.3 is 16.0 Å². The maximum Gasteiger partial charge on any atom is 0.221 e. The van der Waals surface area contributed by atoms with Crippen molar-refractivity contribution in [2.24, 2.45) is 11.7 Å². The zero-order chi connectivity index (χ0) is 17.4. The van der Waals surface area contributed by atoms with E-state index in [0.717, 1.165) is 43.8 Å². The standard InChI is InChI=1S/C18H26ClN3O2/c19-16-8-6-14(7-9-16)3-1-5-17(23)21-10-12-22-11-2-4-15(13-22)18(20)24/h6-9,15H,1-5,10-13H2,(H2,20,24)(H,21,23). The molecule has 1 aromatic carbocycles. The molecule has 1 unspecified atom stereocenters. The number of amides is 2. The van der Waals surface area contributed by atoms with Gasteiger partial charge in [-0.1, -0.05) is 23.7 Å². The van der Waals surface area contributed by atoms with Gasteiger partial charge in [-0.15, -0.1) is 0 Å². The lowest BCUT2D eigenvalue weighted by Crippen LogP contribution is -2.44. The van der Waals surface area contributed by atoms with Crippen LogP contribution in [0, 0.1) is 5.92 Å². The van der Waals surface area contributed by atoms with Crippen LogP contribution < -0.4 is 11.1 Å². The van der Waals surface area contributed by atoms with E-state index in [0.29, 0.717) is 19.5 Å². The summed E-state index contributed by atoms with van der Waals surface area (Å²) in [4.78, 5) is 25.3. The highest BCUT2D eigenvalue weighted by Gasteiger charge is 2.23. The van der Waals surface area contributed by atoms with E-state index < -0.39 is 0 Å². The zero-order valence-corrected chi connectivity index (χ0v) is 14.7. The molecule has 0 spiro atoms. The van der Waals surface area contributed by atoms with Crippen LogP contribution in [0.5, 0.6) is 0 Å². The number of aryl methyl sites for hydroxylation is 1. The number of nitrogens with two attached hydrogens (primary N) is 1. The largest absolute Gasteiger partial charge is 0.369 e. The van der Waals surface area contributed by atoms with Crippen molar-refractivity contribution in [2.45, 2.75) is 32.1 Å². The van der Waals surface area contributed by atoms with E-state index >= 15 is 0 Å². The van der Waals surface area contributed by atoms with Crippen molar-refractivity contribution in [3.8, 4) is 0 Å². The Kier molecular flexibility index (Phi) is 7.53. The number of nitrogens with one attached hydrogen (secondary N) is 1. The van der Waals surface area contributed by atoms with E-state index in [1.165, 1.54) is 5.56 Å². The monoisotopic (exact) mass is 351 g/mol. The molecule has 1 atom stereocenters. The highest BCUT2D eigenvalue weighted by Crippen LogP contribution is 2.15. The number of hydrogen-bond donors (Lipinski definition) is 2. The molecule has 1 aliphatic rings. The summed E-state index contributed by atoms with van der Waals surface area (Å²) in [7, 11) is 0. The van der Waals surface area contributed by atoms with E-state index in [9.17, 15) is 9.59 Å². The van der Waals surface area contributed by atoms with Crippen molar-refractivity contribution < 1.29 is 9.59 Å². The molecule has 132 valence electrons. The second kappa shape index (κ2) is 9.64. The summed E-state index contributed by atoms with van der Waals surface area (Å²) in [6.45, 7) is 3.07. The Morgan fingerprint density at radius 2 is 2.04 bits per heavy atom. The third-order valence-corrected chi connectivity index (χ3v) is 4.69. The smallest absolute Gasteiger partial charge is 0.221 e. The third-order valence-electron chi connectivity index (χ3n) is 4.44. The molecule has 3 N–H and O–H groups in total. The molecule has 1 fully saturated rings. The van der Waals surface area contributed by atoms with E-state index in [2.05, 4.69) is 10.2 Å². The van der Waals surface area contributed by atoms with E-state index in [1.54, 1.807) is 0 Å². The van der Waals surface area contributed by atoms with Crippen LogP contribution in [0.4, 0.5) is 0 Å². The first-order valence-corrected chi connectivity index (χ1v) is 8.95. The molecule has 0 saturated carbocycles. The number of benzene rings is 1. The predicted octanol–water partition coefficient (Wildman–Crippen LogP) is 1.98. The summed E-state index contributed by atoms with van der Waals surface area (Å²) in [5.74, 6) is -0.188. The minimum atomic E-state index is -0.217. The van der Waals surface area contributed by atoms with Gasteiger partial charge >= 0.3 is 0 Å². The Bertz CT molecular complexity index is 548. The van der Waals surface area contributed by atoms with Gasteiger partial charge in [0.25, 0.3) is 0 Å². The number of piperidine rings is 1. The Morgan fingerprint density at radius 3 is 2.75 bits per heavy atom. The molecule has 2 rings (SSSR count). The quantitative estimate of drug-likeness (QED) is 0.752. The molecule has 5 nitrogen and oxygen atoms in total. The second-order valence-corrected chi connectivity index (χ2v) is 6.81. The van der Waals surface area contributed by atoms with E-state index in [1.807, 2.05) is 24.3 Å². The van der Waals surface area contributed by atoms with Gasteiger partial charge in [-0.25, -0.2) is 0 Å². The van der Waals surface area contributed by atoms with Crippen LogP contribution in [0.2, 0.25) is 5.02 Å². The van der Waals surface area contributed by atoms with Crippen LogP contribution in [0.3, 0.4) is 0 Å². The first-order chi connectivity index (χ1) is 11.5. The molecular weight excluding hydrogens is 326 g/mol. The summed E-state index contributed by atoms with van der Waals surface area (Å²) in [5, 5.41) is 3.68. The number of carbonyl (C=O) groups is 2.